The molecule has 1 aromatic heterocycles. The summed E-state index contributed by atoms with van der Waals surface area (Å²) in [4.78, 5) is 1.12. The minimum Gasteiger partial charge on any atom is -0.392 e. The van der Waals surface area contributed by atoms with Crippen molar-refractivity contribution in [3.05, 3.63) is 21.3 Å². The van der Waals surface area contributed by atoms with Crippen LogP contribution in [-0.2, 0) is 6.42 Å². The molecule has 0 amide bonds. The number of thiophene rings is 1. The summed E-state index contributed by atoms with van der Waals surface area (Å²) >= 11 is 7.54. The van der Waals surface area contributed by atoms with E-state index in [1.54, 1.807) is 11.3 Å². The zero-order chi connectivity index (χ0) is 8.55. The first-order valence-electron chi connectivity index (χ1n) is 4.17. The van der Waals surface area contributed by atoms with E-state index >= 15 is 0 Å². The second kappa shape index (κ2) is 3.36. The summed E-state index contributed by atoms with van der Waals surface area (Å²) in [5.74, 6) is 0.545. The van der Waals surface area contributed by atoms with Crippen molar-refractivity contribution in [3.8, 4) is 0 Å². The average Bonchev–Trinajstić information content (AvgIpc) is 2.80. The molecule has 0 saturated heterocycles. The summed E-state index contributed by atoms with van der Waals surface area (Å²) in [7, 11) is 0. The van der Waals surface area contributed by atoms with Gasteiger partial charge in [0, 0.05) is 11.3 Å². The maximum atomic E-state index is 9.63. The van der Waals surface area contributed by atoms with Gasteiger partial charge in [-0.1, -0.05) is 11.6 Å². The second-order valence-electron chi connectivity index (χ2n) is 3.30. The lowest BCUT2D eigenvalue weighted by Gasteiger charge is -2.06. The van der Waals surface area contributed by atoms with E-state index in [0.717, 1.165) is 16.3 Å². The Morgan fingerprint density at radius 2 is 2.42 bits per heavy atom. The lowest BCUT2D eigenvalue weighted by molar-refractivity contribution is 0.152. The Balaban J connectivity index is 1.97. The summed E-state index contributed by atoms with van der Waals surface area (Å²) in [5, 5.41) is 12.4. The number of aliphatic hydroxyl groups excluding tert-OH is 1. The van der Waals surface area contributed by atoms with E-state index in [1.165, 1.54) is 12.8 Å². The predicted molar refractivity (Wildman–Crippen MR) is 51.8 cm³/mol. The fourth-order valence-corrected chi connectivity index (χ4v) is 2.47. The molecule has 0 aromatic carbocycles. The quantitative estimate of drug-likeness (QED) is 0.799. The molecule has 1 N–H and O–H groups in total. The standard InChI is InChI=1S/C9H11ClOS/c10-7-3-4-12-9(7)5-8(11)6-1-2-6/h3-4,6,8,11H,1-2,5H2. The Morgan fingerprint density at radius 1 is 1.67 bits per heavy atom. The number of aliphatic hydroxyl groups is 1. The maximum absolute atomic E-state index is 9.63. The molecule has 1 aromatic rings. The molecule has 0 spiro atoms. The first kappa shape index (κ1) is 8.54. The molecule has 1 aliphatic carbocycles. The molecule has 66 valence electrons. The first-order chi connectivity index (χ1) is 5.77. The largest absolute Gasteiger partial charge is 0.392 e. The highest BCUT2D eigenvalue weighted by molar-refractivity contribution is 7.10. The van der Waals surface area contributed by atoms with Gasteiger partial charge in [-0.15, -0.1) is 11.3 Å². The van der Waals surface area contributed by atoms with Gasteiger partial charge in [0.2, 0.25) is 0 Å². The van der Waals surface area contributed by atoms with Crippen molar-refractivity contribution in [1.82, 2.24) is 0 Å². The van der Waals surface area contributed by atoms with Gasteiger partial charge in [-0.2, -0.15) is 0 Å². The summed E-state index contributed by atoms with van der Waals surface area (Å²) in [6.45, 7) is 0. The highest BCUT2D eigenvalue weighted by atomic mass is 35.5. The molecule has 1 aliphatic rings. The van der Waals surface area contributed by atoms with E-state index in [2.05, 4.69) is 0 Å². The van der Waals surface area contributed by atoms with Crippen molar-refractivity contribution in [3.63, 3.8) is 0 Å². The molecule has 0 bridgehead atoms. The Morgan fingerprint density at radius 3 is 2.92 bits per heavy atom. The molecule has 1 saturated carbocycles. The number of rotatable bonds is 3. The van der Waals surface area contributed by atoms with E-state index in [1.807, 2.05) is 11.4 Å². The van der Waals surface area contributed by atoms with Crippen LogP contribution in [0.2, 0.25) is 5.02 Å². The minimum atomic E-state index is -0.166. The predicted octanol–water partition coefficient (Wildman–Crippen LogP) is 2.71. The highest BCUT2D eigenvalue weighted by Crippen LogP contribution is 2.35. The summed E-state index contributed by atoms with van der Waals surface area (Å²) in [6.07, 6.45) is 2.94. The van der Waals surface area contributed by atoms with Crippen molar-refractivity contribution in [1.29, 1.82) is 0 Å². The van der Waals surface area contributed by atoms with Crippen LogP contribution < -0.4 is 0 Å². The van der Waals surface area contributed by atoms with Crippen LogP contribution in [-0.4, -0.2) is 11.2 Å². The summed E-state index contributed by atoms with van der Waals surface area (Å²) < 4.78 is 0. The van der Waals surface area contributed by atoms with Gasteiger partial charge in [0.05, 0.1) is 11.1 Å². The van der Waals surface area contributed by atoms with Crippen LogP contribution in [0.4, 0.5) is 0 Å². The Bertz CT molecular complexity index is 267. The van der Waals surface area contributed by atoms with E-state index < -0.39 is 0 Å². The third-order valence-electron chi connectivity index (χ3n) is 2.25. The monoisotopic (exact) mass is 202 g/mol. The molecular weight excluding hydrogens is 192 g/mol. The van der Waals surface area contributed by atoms with Crippen LogP contribution >= 0.6 is 22.9 Å². The van der Waals surface area contributed by atoms with Crippen LogP contribution in [0.25, 0.3) is 0 Å². The highest BCUT2D eigenvalue weighted by Gasteiger charge is 2.30. The van der Waals surface area contributed by atoms with E-state index in [-0.39, 0.29) is 6.10 Å². The Hall–Kier alpha value is -0.0500. The lowest BCUT2D eigenvalue weighted by Crippen LogP contribution is -2.11. The molecule has 1 fully saturated rings. The molecular formula is C9H11ClOS. The molecule has 12 heavy (non-hydrogen) atoms. The van der Waals surface area contributed by atoms with Gasteiger partial charge in [-0.05, 0) is 30.2 Å². The fourth-order valence-electron chi connectivity index (χ4n) is 1.31. The van der Waals surface area contributed by atoms with Crippen molar-refractivity contribution in [2.75, 3.05) is 0 Å². The molecule has 3 heteroatoms. The molecule has 0 radical (unpaired) electrons. The van der Waals surface area contributed by atoms with Gasteiger partial charge in [0.1, 0.15) is 0 Å². The number of hydrogen-bond acceptors (Lipinski definition) is 2. The zero-order valence-electron chi connectivity index (χ0n) is 6.66. The maximum Gasteiger partial charge on any atom is 0.0617 e. The molecule has 1 heterocycles. The van der Waals surface area contributed by atoms with Crippen molar-refractivity contribution in [2.45, 2.75) is 25.4 Å². The van der Waals surface area contributed by atoms with Crippen LogP contribution in [0, 0.1) is 5.92 Å². The van der Waals surface area contributed by atoms with E-state index in [4.69, 9.17) is 11.6 Å². The third kappa shape index (κ3) is 1.82. The van der Waals surface area contributed by atoms with Crippen LogP contribution in [0.15, 0.2) is 11.4 Å². The minimum absolute atomic E-state index is 0.166. The molecule has 0 aliphatic heterocycles. The van der Waals surface area contributed by atoms with E-state index in [9.17, 15) is 5.11 Å². The SMILES string of the molecule is OC(Cc1sccc1Cl)C1CC1. The molecule has 1 unspecified atom stereocenters. The summed E-state index contributed by atoms with van der Waals surface area (Å²) in [6, 6.07) is 1.89. The zero-order valence-corrected chi connectivity index (χ0v) is 8.24. The van der Waals surface area contributed by atoms with E-state index in [0.29, 0.717) is 5.92 Å². The van der Waals surface area contributed by atoms with Gasteiger partial charge in [-0.25, -0.2) is 0 Å². The topological polar surface area (TPSA) is 20.2 Å². The van der Waals surface area contributed by atoms with Gasteiger partial charge < -0.3 is 5.11 Å². The van der Waals surface area contributed by atoms with Gasteiger partial charge >= 0.3 is 0 Å². The van der Waals surface area contributed by atoms with Crippen LogP contribution in [0.1, 0.15) is 17.7 Å². The molecule has 1 atom stereocenters. The smallest absolute Gasteiger partial charge is 0.0617 e. The van der Waals surface area contributed by atoms with Crippen molar-refractivity contribution >= 4 is 22.9 Å². The first-order valence-corrected chi connectivity index (χ1v) is 5.43. The van der Waals surface area contributed by atoms with Crippen molar-refractivity contribution < 1.29 is 5.11 Å². The average molecular weight is 203 g/mol. The molecule has 1 nitrogen and oxygen atoms in total. The normalized spacial score (nSPS) is 19.5. The Kier molecular flexibility index (Phi) is 2.40. The van der Waals surface area contributed by atoms with Crippen LogP contribution in [0.3, 0.4) is 0 Å². The second-order valence-corrected chi connectivity index (χ2v) is 4.71. The van der Waals surface area contributed by atoms with Gasteiger partial charge in [0.25, 0.3) is 0 Å². The Labute approximate surface area is 81.0 Å². The van der Waals surface area contributed by atoms with Crippen molar-refractivity contribution in [2.24, 2.45) is 5.92 Å². The van der Waals surface area contributed by atoms with Crippen LogP contribution in [0.5, 0.6) is 0 Å². The fraction of sp³-hybridized carbons (Fsp3) is 0.556. The van der Waals surface area contributed by atoms with Gasteiger partial charge in [0.15, 0.2) is 0 Å². The van der Waals surface area contributed by atoms with Gasteiger partial charge in [-0.3, -0.25) is 0 Å². The molecule has 2 rings (SSSR count). The third-order valence-corrected chi connectivity index (χ3v) is 3.66. The number of halogens is 1. The lowest BCUT2D eigenvalue weighted by atomic mass is 10.1. The number of hydrogen-bond donors (Lipinski definition) is 1. The summed E-state index contributed by atoms with van der Waals surface area (Å²) in [5.41, 5.74) is 0.